The topological polar surface area (TPSA) is 65.5 Å². The Balaban J connectivity index is 3.18. The number of nitrogens with one attached hydrogen (secondary N) is 1. The van der Waals surface area contributed by atoms with Crippen LogP contribution in [0.5, 0.6) is 0 Å². The lowest BCUT2D eigenvalue weighted by Gasteiger charge is -2.41. The second-order valence-corrected chi connectivity index (χ2v) is 4.17. The monoisotopic (exact) mass is 251 g/mol. The lowest BCUT2D eigenvalue weighted by atomic mass is 9.99. The van der Waals surface area contributed by atoms with Gasteiger partial charge in [-0.2, -0.15) is 0 Å². The van der Waals surface area contributed by atoms with Crippen molar-refractivity contribution >= 4 is 5.91 Å². The molecule has 0 fully saturated rings. The minimum atomic E-state index is -0.884. The van der Waals surface area contributed by atoms with Gasteiger partial charge >= 0.3 is 0 Å². The Morgan fingerprint density at radius 2 is 2.06 bits per heavy atom. The number of likely N-dealkylation sites (N-methyl/N-ethyl adjacent to an activating group) is 1. The molecule has 1 amide bonds. The van der Waals surface area contributed by atoms with E-state index in [0.717, 1.165) is 5.56 Å². The average Bonchev–Trinajstić information content (AvgIpc) is 2.44. The van der Waals surface area contributed by atoms with E-state index in [-0.39, 0.29) is 12.5 Å². The fraction of sp³-hybridized carbons (Fsp3) is 0.538. The number of aliphatic hydroxyl groups excluding tert-OH is 1. The third kappa shape index (κ3) is 2.86. The maximum atomic E-state index is 11.7. The Morgan fingerprint density at radius 3 is 2.50 bits per heavy atom. The van der Waals surface area contributed by atoms with Crippen LogP contribution < -0.4 is 5.32 Å². The van der Waals surface area contributed by atoms with Gasteiger partial charge in [0.2, 0.25) is 5.91 Å². The molecule has 0 saturated heterocycles. The highest BCUT2D eigenvalue weighted by Crippen LogP contribution is 2.23. The third-order valence-electron chi connectivity index (χ3n) is 3.18. The third-order valence-corrected chi connectivity index (χ3v) is 3.18. The number of aromatic nitrogens is 1. The standard InChI is InChI=1S/C13H21N3O2/c1-4-12(18)15-13(10-17,16(3)5-2)11-6-8-14-9-7-11/h6-9,17H,4-5,10H2,1-3H3,(H,15,18). The van der Waals surface area contributed by atoms with Gasteiger partial charge in [-0.25, -0.2) is 0 Å². The molecule has 18 heavy (non-hydrogen) atoms. The first-order valence-corrected chi connectivity index (χ1v) is 6.14. The lowest BCUT2D eigenvalue weighted by molar-refractivity contribution is -0.127. The van der Waals surface area contributed by atoms with Crippen LogP contribution in [0.3, 0.4) is 0 Å². The number of carbonyl (C=O) groups excluding carboxylic acids is 1. The van der Waals surface area contributed by atoms with Crippen molar-refractivity contribution in [3.63, 3.8) is 0 Å². The fourth-order valence-corrected chi connectivity index (χ4v) is 1.86. The van der Waals surface area contributed by atoms with Crippen molar-refractivity contribution in [2.45, 2.75) is 25.9 Å². The van der Waals surface area contributed by atoms with Gasteiger partial charge < -0.3 is 10.4 Å². The van der Waals surface area contributed by atoms with Gasteiger partial charge in [-0.05, 0) is 31.3 Å². The van der Waals surface area contributed by atoms with E-state index in [1.165, 1.54) is 0 Å². The molecule has 0 spiro atoms. The summed E-state index contributed by atoms with van der Waals surface area (Å²) in [5.74, 6) is -0.0961. The fourth-order valence-electron chi connectivity index (χ4n) is 1.86. The van der Waals surface area contributed by atoms with E-state index in [4.69, 9.17) is 0 Å². The molecule has 0 aliphatic rings. The summed E-state index contributed by atoms with van der Waals surface area (Å²) in [7, 11) is 1.87. The molecule has 0 bridgehead atoms. The molecule has 1 aromatic heterocycles. The molecule has 1 rings (SSSR count). The summed E-state index contributed by atoms with van der Waals surface area (Å²) in [4.78, 5) is 17.6. The highest BCUT2D eigenvalue weighted by atomic mass is 16.3. The highest BCUT2D eigenvalue weighted by molar-refractivity contribution is 5.76. The predicted molar refractivity (Wildman–Crippen MR) is 69.7 cm³/mol. The van der Waals surface area contributed by atoms with Crippen LogP contribution in [-0.4, -0.2) is 41.1 Å². The summed E-state index contributed by atoms with van der Waals surface area (Å²) in [6, 6.07) is 3.61. The number of nitrogens with zero attached hydrogens (tertiary/aromatic N) is 2. The van der Waals surface area contributed by atoms with Crippen LogP contribution in [0.1, 0.15) is 25.8 Å². The first kappa shape index (κ1) is 14.6. The van der Waals surface area contributed by atoms with Crippen LogP contribution in [0.25, 0.3) is 0 Å². The minimum absolute atomic E-state index is 0.0961. The Bertz CT molecular complexity index is 383. The van der Waals surface area contributed by atoms with Crippen LogP contribution in [0.2, 0.25) is 0 Å². The van der Waals surface area contributed by atoms with Gasteiger partial charge in [0.1, 0.15) is 5.66 Å². The highest BCUT2D eigenvalue weighted by Gasteiger charge is 2.36. The maximum absolute atomic E-state index is 11.7. The van der Waals surface area contributed by atoms with Crippen LogP contribution in [0.4, 0.5) is 0 Å². The molecule has 2 N–H and O–H groups in total. The molecular weight excluding hydrogens is 230 g/mol. The van der Waals surface area contributed by atoms with Crippen molar-refractivity contribution in [3.05, 3.63) is 30.1 Å². The quantitative estimate of drug-likeness (QED) is 0.731. The zero-order chi connectivity index (χ0) is 13.6. The molecule has 5 nitrogen and oxygen atoms in total. The Hall–Kier alpha value is -1.46. The number of hydrogen-bond donors (Lipinski definition) is 2. The van der Waals surface area contributed by atoms with Crippen molar-refractivity contribution in [3.8, 4) is 0 Å². The Labute approximate surface area is 108 Å². The summed E-state index contributed by atoms with van der Waals surface area (Å²) in [5.41, 5.74) is -0.0590. The molecule has 5 heteroatoms. The van der Waals surface area contributed by atoms with Crippen molar-refractivity contribution in [2.75, 3.05) is 20.2 Å². The summed E-state index contributed by atoms with van der Waals surface area (Å²) in [6.45, 7) is 4.28. The zero-order valence-electron chi connectivity index (χ0n) is 11.2. The summed E-state index contributed by atoms with van der Waals surface area (Å²) < 4.78 is 0. The molecule has 1 atom stereocenters. The van der Waals surface area contributed by atoms with Crippen molar-refractivity contribution in [1.82, 2.24) is 15.2 Å². The zero-order valence-corrected chi connectivity index (χ0v) is 11.2. The van der Waals surface area contributed by atoms with Crippen LogP contribution in [0, 0.1) is 0 Å². The first-order valence-electron chi connectivity index (χ1n) is 6.14. The van der Waals surface area contributed by atoms with E-state index in [9.17, 15) is 9.90 Å². The van der Waals surface area contributed by atoms with Gasteiger partial charge in [-0.1, -0.05) is 13.8 Å². The number of rotatable bonds is 6. The molecule has 0 saturated carbocycles. The molecule has 0 radical (unpaired) electrons. The van der Waals surface area contributed by atoms with Gasteiger partial charge in [-0.15, -0.1) is 0 Å². The SMILES string of the molecule is CCC(=O)NC(CO)(c1ccncc1)N(C)CC. The number of pyridine rings is 1. The Morgan fingerprint density at radius 1 is 1.44 bits per heavy atom. The first-order chi connectivity index (χ1) is 8.60. The van der Waals surface area contributed by atoms with E-state index in [0.29, 0.717) is 13.0 Å². The molecule has 1 unspecified atom stereocenters. The maximum Gasteiger partial charge on any atom is 0.221 e. The number of aliphatic hydroxyl groups is 1. The molecule has 0 aliphatic carbocycles. The van der Waals surface area contributed by atoms with Gasteiger partial charge in [-0.3, -0.25) is 14.7 Å². The number of amides is 1. The van der Waals surface area contributed by atoms with E-state index in [1.54, 1.807) is 31.5 Å². The number of hydrogen-bond acceptors (Lipinski definition) is 4. The molecule has 0 aliphatic heterocycles. The predicted octanol–water partition coefficient (Wildman–Crippen LogP) is 0.705. The van der Waals surface area contributed by atoms with E-state index in [2.05, 4.69) is 10.3 Å². The second kappa shape index (κ2) is 6.47. The summed E-state index contributed by atoms with van der Waals surface area (Å²) in [5, 5.41) is 12.7. The number of carbonyl (C=O) groups is 1. The van der Waals surface area contributed by atoms with Crippen molar-refractivity contribution in [1.29, 1.82) is 0 Å². The van der Waals surface area contributed by atoms with E-state index >= 15 is 0 Å². The van der Waals surface area contributed by atoms with E-state index < -0.39 is 5.66 Å². The lowest BCUT2D eigenvalue weighted by Crippen LogP contribution is -2.59. The normalized spacial score (nSPS) is 14.3. The van der Waals surface area contributed by atoms with E-state index in [1.807, 2.05) is 18.9 Å². The van der Waals surface area contributed by atoms with Crippen molar-refractivity contribution in [2.24, 2.45) is 0 Å². The second-order valence-electron chi connectivity index (χ2n) is 4.17. The largest absolute Gasteiger partial charge is 0.392 e. The van der Waals surface area contributed by atoms with Crippen LogP contribution in [-0.2, 0) is 10.5 Å². The van der Waals surface area contributed by atoms with Crippen molar-refractivity contribution < 1.29 is 9.90 Å². The molecular formula is C13H21N3O2. The van der Waals surface area contributed by atoms with Gasteiger partial charge in [0.05, 0.1) is 6.61 Å². The minimum Gasteiger partial charge on any atom is -0.392 e. The van der Waals surface area contributed by atoms with Crippen LogP contribution >= 0.6 is 0 Å². The molecule has 1 heterocycles. The van der Waals surface area contributed by atoms with Gasteiger partial charge in [0.15, 0.2) is 0 Å². The molecule has 100 valence electrons. The van der Waals surface area contributed by atoms with Crippen LogP contribution in [0.15, 0.2) is 24.5 Å². The molecule has 0 aromatic carbocycles. The molecule has 1 aromatic rings. The Kier molecular flexibility index (Phi) is 5.25. The van der Waals surface area contributed by atoms with Gasteiger partial charge in [0, 0.05) is 18.8 Å². The smallest absolute Gasteiger partial charge is 0.221 e. The average molecular weight is 251 g/mol. The summed E-state index contributed by atoms with van der Waals surface area (Å²) in [6.07, 6.45) is 3.69. The summed E-state index contributed by atoms with van der Waals surface area (Å²) >= 11 is 0. The van der Waals surface area contributed by atoms with Gasteiger partial charge in [0.25, 0.3) is 0 Å².